The van der Waals surface area contributed by atoms with E-state index in [0.29, 0.717) is 13.2 Å². The van der Waals surface area contributed by atoms with E-state index in [1.165, 1.54) is 33.4 Å². The van der Waals surface area contributed by atoms with Gasteiger partial charge < -0.3 is 14.0 Å². The summed E-state index contributed by atoms with van der Waals surface area (Å²) in [4.78, 5) is 4.08. The molecule has 4 heteroatoms. The molecule has 1 atom stereocenters. The maximum atomic E-state index is 6.18. The van der Waals surface area contributed by atoms with Crippen LogP contribution >= 0.6 is 0 Å². The van der Waals surface area contributed by atoms with Crippen LogP contribution in [0.15, 0.2) is 18.7 Å². The lowest BCUT2D eigenvalue weighted by Gasteiger charge is -2.22. The van der Waals surface area contributed by atoms with Crippen LogP contribution in [0, 0.1) is 34.6 Å². The van der Waals surface area contributed by atoms with Gasteiger partial charge in [-0.2, -0.15) is 0 Å². The molecule has 0 aliphatic rings. The Morgan fingerprint density at radius 2 is 1.61 bits per heavy atom. The van der Waals surface area contributed by atoms with Gasteiger partial charge in [-0.3, -0.25) is 0 Å². The van der Waals surface area contributed by atoms with Crippen LogP contribution < -0.4 is 0 Å². The highest BCUT2D eigenvalue weighted by atomic mass is 16.5. The van der Waals surface area contributed by atoms with Crippen LogP contribution in [0.4, 0.5) is 0 Å². The third-order valence-corrected chi connectivity index (χ3v) is 4.94. The summed E-state index contributed by atoms with van der Waals surface area (Å²) in [7, 11) is 1.71. The Labute approximate surface area is 139 Å². The zero-order valence-electron chi connectivity index (χ0n) is 15.1. The van der Waals surface area contributed by atoms with Crippen molar-refractivity contribution in [1.82, 2.24) is 9.55 Å². The van der Waals surface area contributed by atoms with Gasteiger partial charge in [-0.05, 0) is 68.0 Å². The van der Waals surface area contributed by atoms with Gasteiger partial charge >= 0.3 is 0 Å². The number of aromatic nitrogens is 2. The first-order valence-corrected chi connectivity index (χ1v) is 8.07. The van der Waals surface area contributed by atoms with Gasteiger partial charge in [0.25, 0.3) is 0 Å². The fraction of sp³-hybridized carbons (Fsp3) is 0.526. The molecule has 1 heterocycles. The van der Waals surface area contributed by atoms with Crippen molar-refractivity contribution in [3.8, 4) is 0 Å². The monoisotopic (exact) mass is 316 g/mol. The van der Waals surface area contributed by atoms with Gasteiger partial charge in [0, 0.05) is 19.5 Å². The first-order chi connectivity index (χ1) is 11.0. The van der Waals surface area contributed by atoms with Crippen LogP contribution in [0.3, 0.4) is 0 Å². The molecular weight excluding hydrogens is 288 g/mol. The number of nitrogens with zero attached hydrogens (tertiary/aromatic N) is 2. The van der Waals surface area contributed by atoms with Crippen molar-refractivity contribution in [3.05, 3.63) is 52.1 Å². The summed E-state index contributed by atoms with van der Waals surface area (Å²) in [6.07, 6.45) is 5.55. The Kier molecular flexibility index (Phi) is 5.97. The molecule has 1 unspecified atom stereocenters. The van der Waals surface area contributed by atoms with Crippen LogP contribution in [0.25, 0.3) is 0 Å². The lowest BCUT2D eigenvalue weighted by atomic mass is 9.90. The van der Waals surface area contributed by atoms with Gasteiger partial charge in [0.05, 0.1) is 32.2 Å². The van der Waals surface area contributed by atoms with E-state index in [0.717, 1.165) is 6.54 Å². The van der Waals surface area contributed by atoms with E-state index in [1.807, 2.05) is 17.1 Å². The second-order valence-corrected chi connectivity index (χ2v) is 6.25. The Morgan fingerprint density at radius 1 is 1.00 bits per heavy atom. The minimum Gasteiger partial charge on any atom is -0.382 e. The molecule has 0 amide bonds. The van der Waals surface area contributed by atoms with Crippen LogP contribution in [0.1, 0.15) is 33.4 Å². The van der Waals surface area contributed by atoms with Crippen molar-refractivity contribution in [2.75, 3.05) is 13.7 Å². The number of hydrogen-bond donors (Lipinski definition) is 0. The smallest absolute Gasteiger partial charge is 0.0991 e. The van der Waals surface area contributed by atoms with Crippen molar-refractivity contribution in [3.63, 3.8) is 0 Å². The van der Waals surface area contributed by atoms with Crippen LogP contribution in [0.5, 0.6) is 0 Å². The highest BCUT2D eigenvalue weighted by Gasteiger charge is 2.15. The summed E-state index contributed by atoms with van der Waals surface area (Å²) in [6.45, 7) is 12.9. The van der Waals surface area contributed by atoms with Gasteiger partial charge in [0.15, 0.2) is 0 Å². The predicted molar refractivity (Wildman–Crippen MR) is 92.8 cm³/mol. The second-order valence-electron chi connectivity index (χ2n) is 6.25. The Bertz CT molecular complexity index is 619. The van der Waals surface area contributed by atoms with Crippen molar-refractivity contribution < 1.29 is 9.47 Å². The number of imidazole rings is 1. The maximum Gasteiger partial charge on any atom is 0.0991 e. The molecule has 1 aromatic carbocycles. The first kappa shape index (κ1) is 17.7. The number of methoxy groups -OCH3 is 1. The number of hydrogen-bond acceptors (Lipinski definition) is 3. The van der Waals surface area contributed by atoms with Gasteiger partial charge in [0.2, 0.25) is 0 Å². The molecule has 0 N–H and O–H groups in total. The van der Waals surface area contributed by atoms with Crippen molar-refractivity contribution in [2.45, 2.75) is 53.9 Å². The normalized spacial score (nSPS) is 12.6. The van der Waals surface area contributed by atoms with Gasteiger partial charge in [-0.1, -0.05) is 0 Å². The largest absolute Gasteiger partial charge is 0.382 e. The minimum atomic E-state index is 0.00918. The Hall–Kier alpha value is -1.65. The highest BCUT2D eigenvalue weighted by molar-refractivity contribution is 5.49. The van der Waals surface area contributed by atoms with Gasteiger partial charge in [-0.25, -0.2) is 4.98 Å². The SMILES string of the molecule is COCC(Cn1ccnc1)OCc1c(C)c(C)c(C)c(C)c1C. The van der Waals surface area contributed by atoms with E-state index in [9.17, 15) is 0 Å². The minimum absolute atomic E-state index is 0.00918. The third-order valence-electron chi connectivity index (χ3n) is 4.94. The summed E-state index contributed by atoms with van der Waals surface area (Å²) in [5.41, 5.74) is 8.09. The Morgan fingerprint density at radius 3 is 2.13 bits per heavy atom. The summed E-state index contributed by atoms with van der Waals surface area (Å²) >= 11 is 0. The zero-order valence-corrected chi connectivity index (χ0v) is 15.1. The molecule has 0 saturated heterocycles. The quantitative estimate of drug-likeness (QED) is 0.782. The number of benzene rings is 1. The van der Waals surface area contributed by atoms with E-state index >= 15 is 0 Å². The molecule has 0 bridgehead atoms. The molecule has 2 rings (SSSR count). The Balaban J connectivity index is 2.14. The van der Waals surface area contributed by atoms with E-state index in [1.54, 1.807) is 13.3 Å². The topological polar surface area (TPSA) is 36.3 Å². The van der Waals surface area contributed by atoms with Gasteiger partial charge in [-0.15, -0.1) is 0 Å². The molecule has 2 aromatic rings. The lowest BCUT2D eigenvalue weighted by molar-refractivity contribution is -0.0204. The van der Waals surface area contributed by atoms with E-state index < -0.39 is 0 Å². The zero-order chi connectivity index (χ0) is 17.0. The number of rotatable bonds is 7. The third kappa shape index (κ3) is 4.01. The molecule has 23 heavy (non-hydrogen) atoms. The average Bonchev–Trinajstić information content (AvgIpc) is 3.04. The maximum absolute atomic E-state index is 6.18. The van der Waals surface area contributed by atoms with Crippen LogP contribution in [-0.2, 0) is 22.6 Å². The van der Waals surface area contributed by atoms with E-state index in [2.05, 4.69) is 39.6 Å². The molecule has 0 aliphatic heterocycles. The molecule has 126 valence electrons. The highest BCUT2D eigenvalue weighted by Crippen LogP contribution is 2.26. The molecule has 0 spiro atoms. The van der Waals surface area contributed by atoms with Crippen molar-refractivity contribution in [2.24, 2.45) is 0 Å². The summed E-state index contributed by atoms with van der Waals surface area (Å²) in [5, 5.41) is 0. The van der Waals surface area contributed by atoms with Gasteiger partial charge in [0.1, 0.15) is 0 Å². The number of ether oxygens (including phenoxy) is 2. The molecule has 0 saturated carbocycles. The molecule has 0 radical (unpaired) electrons. The standard InChI is InChI=1S/C19H28N2O2/c1-13-14(2)16(4)19(17(5)15(13)3)11-23-18(10-22-6)9-21-8-7-20-12-21/h7-8,12,18H,9-11H2,1-6H3. The summed E-state index contributed by atoms with van der Waals surface area (Å²) in [6, 6.07) is 0. The molecule has 0 aliphatic carbocycles. The summed E-state index contributed by atoms with van der Waals surface area (Å²) in [5.74, 6) is 0. The fourth-order valence-electron chi connectivity index (χ4n) is 2.96. The van der Waals surface area contributed by atoms with Crippen molar-refractivity contribution in [1.29, 1.82) is 0 Å². The average molecular weight is 316 g/mol. The van der Waals surface area contributed by atoms with Crippen LogP contribution in [0.2, 0.25) is 0 Å². The van der Waals surface area contributed by atoms with E-state index in [-0.39, 0.29) is 6.10 Å². The van der Waals surface area contributed by atoms with E-state index in [4.69, 9.17) is 9.47 Å². The lowest BCUT2D eigenvalue weighted by Crippen LogP contribution is -2.25. The fourth-order valence-corrected chi connectivity index (χ4v) is 2.96. The van der Waals surface area contributed by atoms with Crippen LogP contribution in [-0.4, -0.2) is 29.4 Å². The first-order valence-electron chi connectivity index (χ1n) is 8.07. The molecular formula is C19H28N2O2. The predicted octanol–water partition coefficient (Wildman–Crippen LogP) is 3.66. The second kappa shape index (κ2) is 7.75. The van der Waals surface area contributed by atoms with Crippen molar-refractivity contribution >= 4 is 0 Å². The molecule has 4 nitrogen and oxygen atoms in total. The molecule has 1 aromatic heterocycles. The molecule has 0 fully saturated rings. The summed E-state index contributed by atoms with van der Waals surface area (Å²) < 4.78 is 13.5.